The molecule has 1 aromatic carbocycles. The molecule has 0 N–H and O–H groups in total. The predicted octanol–water partition coefficient (Wildman–Crippen LogP) is 2.61. The standard InChI is InChI=1S/C14H21NO2/c1-6-17-12-9-7-11(8-10-12)13(16)14(2,3)15(4)5/h7-10H,6H2,1-5H3. The largest absolute Gasteiger partial charge is 0.494 e. The third-order valence-corrected chi connectivity index (χ3v) is 3.10. The quantitative estimate of drug-likeness (QED) is 0.735. The zero-order chi connectivity index (χ0) is 13.1. The van der Waals surface area contributed by atoms with Gasteiger partial charge in [0.05, 0.1) is 12.1 Å². The highest BCUT2D eigenvalue weighted by molar-refractivity contribution is 6.02. The third kappa shape index (κ3) is 3.07. The van der Waals surface area contributed by atoms with Crippen LogP contribution in [-0.4, -0.2) is 36.9 Å². The van der Waals surface area contributed by atoms with Crippen LogP contribution in [0.1, 0.15) is 31.1 Å². The Morgan fingerprint density at radius 3 is 2.18 bits per heavy atom. The van der Waals surface area contributed by atoms with Crippen molar-refractivity contribution in [3.8, 4) is 5.75 Å². The van der Waals surface area contributed by atoms with Crippen molar-refractivity contribution in [3.05, 3.63) is 29.8 Å². The molecule has 1 aromatic rings. The summed E-state index contributed by atoms with van der Waals surface area (Å²) in [5, 5.41) is 0. The summed E-state index contributed by atoms with van der Waals surface area (Å²) in [6.07, 6.45) is 0. The summed E-state index contributed by atoms with van der Waals surface area (Å²) >= 11 is 0. The first-order valence-corrected chi connectivity index (χ1v) is 5.84. The van der Waals surface area contributed by atoms with Crippen LogP contribution in [0.3, 0.4) is 0 Å². The number of ether oxygens (including phenoxy) is 1. The summed E-state index contributed by atoms with van der Waals surface area (Å²) in [4.78, 5) is 14.2. The molecule has 0 aliphatic rings. The molecule has 0 fully saturated rings. The van der Waals surface area contributed by atoms with E-state index in [1.807, 2.05) is 64.0 Å². The molecular weight excluding hydrogens is 214 g/mol. The molecule has 3 heteroatoms. The minimum absolute atomic E-state index is 0.116. The minimum Gasteiger partial charge on any atom is -0.494 e. The summed E-state index contributed by atoms with van der Waals surface area (Å²) in [6, 6.07) is 7.31. The van der Waals surface area contributed by atoms with Gasteiger partial charge in [-0.15, -0.1) is 0 Å². The van der Waals surface area contributed by atoms with Crippen LogP contribution in [0.4, 0.5) is 0 Å². The fourth-order valence-corrected chi connectivity index (χ4v) is 1.43. The van der Waals surface area contributed by atoms with Crippen molar-refractivity contribution < 1.29 is 9.53 Å². The van der Waals surface area contributed by atoms with Gasteiger partial charge in [-0.2, -0.15) is 0 Å². The van der Waals surface area contributed by atoms with Crippen molar-refractivity contribution in [2.45, 2.75) is 26.3 Å². The monoisotopic (exact) mass is 235 g/mol. The Kier molecular flexibility index (Phi) is 4.29. The van der Waals surface area contributed by atoms with Gasteiger partial charge in [0.15, 0.2) is 5.78 Å². The smallest absolute Gasteiger partial charge is 0.182 e. The highest BCUT2D eigenvalue weighted by Gasteiger charge is 2.30. The van der Waals surface area contributed by atoms with Crippen molar-refractivity contribution >= 4 is 5.78 Å². The first kappa shape index (κ1) is 13.7. The number of carbonyl (C=O) groups excluding carboxylic acids is 1. The van der Waals surface area contributed by atoms with E-state index in [0.717, 1.165) is 5.75 Å². The van der Waals surface area contributed by atoms with Gasteiger partial charge in [-0.05, 0) is 59.1 Å². The molecule has 17 heavy (non-hydrogen) atoms. The second-order valence-corrected chi connectivity index (χ2v) is 4.74. The van der Waals surface area contributed by atoms with Crippen LogP contribution >= 0.6 is 0 Å². The zero-order valence-electron chi connectivity index (χ0n) is 11.3. The molecule has 94 valence electrons. The van der Waals surface area contributed by atoms with E-state index >= 15 is 0 Å². The molecule has 1 rings (SSSR count). The Balaban J connectivity index is 2.90. The van der Waals surface area contributed by atoms with Crippen molar-refractivity contribution in [2.75, 3.05) is 20.7 Å². The van der Waals surface area contributed by atoms with Gasteiger partial charge in [0.25, 0.3) is 0 Å². The minimum atomic E-state index is -0.493. The van der Waals surface area contributed by atoms with Crippen LogP contribution < -0.4 is 4.74 Å². The normalized spacial score (nSPS) is 11.6. The number of Topliss-reactive ketones (excluding diaryl/α,β-unsaturated/α-hetero) is 1. The number of nitrogens with zero attached hydrogens (tertiary/aromatic N) is 1. The molecule has 0 aliphatic carbocycles. The Bertz CT molecular complexity index is 380. The van der Waals surface area contributed by atoms with Gasteiger partial charge in [-0.25, -0.2) is 0 Å². The molecule has 0 heterocycles. The summed E-state index contributed by atoms with van der Waals surface area (Å²) in [5.41, 5.74) is 0.222. The van der Waals surface area contributed by atoms with E-state index < -0.39 is 5.54 Å². The molecule has 0 spiro atoms. The van der Waals surface area contributed by atoms with E-state index in [0.29, 0.717) is 12.2 Å². The number of hydrogen-bond donors (Lipinski definition) is 0. The number of ketones is 1. The molecule has 0 bridgehead atoms. The maximum absolute atomic E-state index is 12.3. The maximum Gasteiger partial charge on any atom is 0.182 e. The lowest BCUT2D eigenvalue weighted by Crippen LogP contribution is -2.45. The van der Waals surface area contributed by atoms with Gasteiger partial charge in [0.1, 0.15) is 5.75 Å². The lowest BCUT2D eigenvalue weighted by molar-refractivity contribution is 0.0755. The number of hydrogen-bond acceptors (Lipinski definition) is 3. The molecule has 0 atom stereocenters. The average Bonchev–Trinajstić information content (AvgIpc) is 2.29. The molecule has 0 saturated heterocycles. The van der Waals surface area contributed by atoms with E-state index in [9.17, 15) is 4.79 Å². The van der Waals surface area contributed by atoms with Crippen molar-refractivity contribution in [2.24, 2.45) is 0 Å². The molecule has 0 unspecified atom stereocenters. The lowest BCUT2D eigenvalue weighted by atomic mass is 9.92. The van der Waals surface area contributed by atoms with E-state index in [-0.39, 0.29) is 5.78 Å². The van der Waals surface area contributed by atoms with Gasteiger partial charge < -0.3 is 4.74 Å². The second-order valence-electron chi connectivity index (χ2n) is 4.74. The number of carbonyl (C=O) groups is 1. The van der Waals surface area contributed by atoms with Gasteiger partial charge in [-0.3, -0.25) is 9.69 Å². The van der Waals surface area contributed by atoms with Crippen molar-refractivity contribution in [1.82, 2.24) is 4.90 Å². The number of rotatable bonds is 5. The second kappa shape index (κ2) is 5.32. The summed E-state index contributed by atoms with van der Waals surface area (Å²) in [5.74, 6) is 0.914. The van der Waals surface area contributed by atoms with Crippen molar-refractivity contribution in [3.63, 3.8) is 0 Å². The number of benzene rings is 1. The fraction of sp³-hybridized carbons (Fsp3) is 0.500. The molecule has 0 amide bonds. The average molecular weight is 235 g/mol. The van der Waals surface area contributed by atoms with Crippen LogP contribution in [0.15, 0.2) is 24.3 Å². The Labute approximate surface area is 103 Å². The predicted molar refractivity (Wildman–Crippen MR) is 69.7 cm³/mol. The van der Waals surface area contributed by atoms with Crippen LogP contribution in [0.2, 0.25) is 0 Å². The number of likely N-dealkylation sites (N-methyl/N-ethyl adjacent to an activating group) is 1. The summed E-state index contributed by atoms with van der Waals surface area (Å²) in [6.45, 7) is 6.42. The van der Waals surface area contributed by atoms with Crippen LogP contribution in [0.5, 0.6) is 5.75 Å². The van der Waals surface area contributed by atoms with Crippen molar-refractivity contribution in [1.29, 1.82) is 0 Å². The van der Waals surface area contributed by atoms with Gasteiger partial charge in [0.2, 0.25) is 0 Å². The Morgan fingerprint density at radius 2 is 1.76 bits per heavy atom. The van der Waals surface area contributed by atoms with Gasteiger partial charge >= 0.3 is 0 Å². The Morgan fingerprint density at radius 1 is 1.24 bits per heavy atom. The fourth-order valence-electron chi connectivity index (χ4n) is 1.43. The highest BCUT2D eigenvalue weighted by Crippen LogP contribution is 2.20. The SMILES string of the molecule is CCOc1ccc(C(=O)C(C)(C)N(C)C)cc1. The molecule has 0 aromatic heterocycles. The molecule has 0 radical (unpaired) electrons. The topological polar surface area (TPSA) is 29.5 Å². The van der Waals surface area contributed by atoms with Crippen LogP contribution in [0.25, 0.3) is 0 Å². The van der Waals surface area contributed by atoms with Gasteiger partial charge in [-0.1, -0.05) is 0 Å². The van der Waals surface area contributed by atoms with Crippen LogP contribution in [-0.2, 0) is 0 Å². The zero-order valence-corrected chi connectivity index (χ0v) is 11.3. The van der Waals surface area contributed by atoms with E-state index in [4.69, 9.17) is 4.74 Å². The lowest BCUT2D eigenvalue weighted by Gasteiger charge is -2.30. The first-order valence-electron chi connectivity index (χ1n) is 5.84. The van der Waals surface area contributed by atoms with Crippen LogP contribution in [0, 0.1) is 0 Å². The summed E-state index contributed by atoms with van der Waals surface area (Å²) in [7, 11) is 3.82. The molecule has 0 aliphatic heterocycles. The third-order valence-electron chi connectivity index (χ3n) is 3.10. The van der Waals surface area contributed by atoms with E-state index in [1.54, 1.807) is 0 Å². The maximum atomic E-state index is 12.3. The molecular formula is C14H21NO2. The van der Waals surface area contributed by atoms with E-state index in [1.165, 1.54) is 0 Å². The van der Waals surface area contributed by atoms with E-state index in [2.05, 4.69) is 0 Å². The summed E-state index contributed by atoms with van der Waals surface area (Å²) < 4.78 is 5.35. The molecule has 3 nitrogen and oxygen atoms in total. The highest BCUT2D eigenvalue weighted by atomic mass is 16.5. The Hall–Kier alpha value is -1.35. The first-order chi connectivity index (χ1) is 7.89. The molecule has 0 saturated carbocycles. The van der Waals surface area contributed by atoms with Gasteiger partial charge in [0, 0.05) is 5.56 Å².